The van der Waals surface area contributed by atoms with E-state index in [1.165, 1.54) is 26.5 Å². The van der Waals surface area contributed by atoms with Crippen LogP contribution in [-0.4, -0.2) is 88.5 Å². The number of β-amino-alcohol motifs (C(OH)–C–C–N with tert-alkyl or cyclic N) is 1. The highest BCUT2D eigenvalue weighted by molar-refractivity contribution is 7.13. The lowest BCUT2D eigenvalue weighted by Gasteiger charge is -2.35. The fraction of sp³-hybridized carbons (Fsp3) is 0.353. The first-order valence-electron chi connectivity index (χ1n) is 21.6. The monoisotopic (exact) mass is 869 g/mol. The van der Waals surface area contributed by atoms with Gasteiger partial charge in [0.15, 0.2) is 0 Å². The highest BCUT2D eigenvalue weighted by Crippen LogP contribution is 2.35. The Kier molecular flexibility index (Phi) is 15.7. The molecule has 4 aromatic carbocycles. The number of ether oxygens (including phenoxy) is 1. The maximum Gasteiger partial charge on any atom is 0.246 e. The van der Waals surface area contributed by atoms with Crippen molar-refractivity contribution < 1.29 is 29.0 Å². The van der Waals surface area contributed by atoms with Gasteiger partial charge in [-0.1, -0.05) is 125 Å². The van der Waals surface area contributed by atoms with Crippen LogP contribution in [-0.2, 0) is 25.7 Å². The van der Waals surface area contributed by atoms with Crippen molar-refractivity contribution in [2.75, 3.05) is 26.7 Å². The van der Waals surface area contributed by atoms with E-state index in [2.05, 4.69) is 71.1 Å². The minimum Gasteiger partial charge on any atom is -0.492 e. The minimum atomic E-state index is -0.993. The number of carbonyl (C=O) groups is 4. The van der Waals surface area contributed by atoms with Crippen LogP contribution in [0.15, 0.2) is 115 Å². The second-order valence-electron chi connectivity index (χ2n) is 17.1. The molecule has 6 rings (SSSR count). The molecule has 330 valence electrons. The Labute approximate surface area is 375 Å². The molecule has 4 amide bonds. The van der Waals surface area contributed by atoms with Crippen LogP contribution in [0.1, 0.15) is 81.3 Å². The summed E-state index contributed by atoms with van der Waals surface area (Å²) in [4.78, 5) is 62.3. The van der Waals surface area contributed by atoms with Crippen molar-refractivity contribution >= 4 is 46.1 Å². The number of benzene rings is 4. The first kappa shape index (κ1) is 46.4. The topological polar surface area (TPSA) is 141 Å². The van der Waals surface area contributed by atoms with Crippen LogP contribution >= 0.6 is 11.3 Å². The summed E-state index contributed by atoms with van der Waals surface area (Å²) >= 11 is 1.57. The van der Waals surface area contributed by atoms with Crippen LogP contribution in [0.25, 0.3) is 21.6 Å². The van der Waals surface area contributed by atoms with Crippen LogP contribution in [0, 0.1) is 12.3 Å². The number of nitrogens with zero attached hydrogens (tertiary/aromatic N) is 3. The standard InChI is InChI=1S/C51H59N5O6S/c1-7-42(36-14-10-8-11-15-36)46(37-16-12-9-13-17-37)38-22-24-41(25-23-38)62-29-28-55(6)45(59)27-26-44(58)54-48(51(3,4)5)50(61)56-32-40(57)30-43(56)49(60)52-31-35-18-20-39(21-19-35)47-34(2)53-33-63-47/h8-25,33,40,43,48,57H,7,26-32H2,1-6H3,(H,52,60)(H,54,58)/b46-42-/t40-,43+,48-/m1/s1. The molecular weight excluding hydrogens is 811 g/mol. The normalized spacial score (nSPS) is 15.9. The third-order valence-electron chi connectivity index (χ3n) is 11.4. The number of amides is 4. The Hall–Kier alpha value is -6.11. The second-order valence-corrected chi connectivity index (χ2v) is 17.9. The zero-order chi connectivity index (χ0) is 45.1. The molecule has 1 saturated heterocycles. The van der Waals surface area contributed by atoms with Crippen molar-refractivity contribution in [3.05, 3.63) is 143 Å². The summed E-state index contributed by atoms with van der Waals surface area (Å²) in [6, 6.07) is 34.8. The first-order chi connectivity index (χ1) is 30.2. The molecule has 1 fully saturated rings. The zero-order valence-corrected chi connectivity index (χ0v) is 37.9. The smallest absolute Gasteiger partial charge is 0.246 e. The SMILES string of the molecule is CC/C(=C(\c1ccccc1)c1ccc(OCCN(C)C(=O)CCC(=O)N[C@H](C(=O)N2C[C@H](O)C[C@H]2C(=O)NCc2ccc(-c3scnc3C)cc2)C(C)(C)C)cc1)c1ccccc1. The van der Waals surface area contributed by atoms with Crippen molar-refractivity contribution in [3.8, 4) is 16.2 Å². The summed E-state index contributed by atoms with van der Waals surface area (Å²) in [6.07, 6.45) is -0.123. The third kappa shape index (κ3) is 12.1. The summed E-state index contributed by atoms with van der Waals surface area (Å²) in [5, 5.41) is 16.4. The lowest BCUT2D eigenvalue weighted by Crippen LogP contribution is -2.57. The molecule has 2 heterocycles. The Balaban J connectivity index is 0.988. The summed E-state index contributed by atoms with van der Waals surface area (Å²) < 4.78 is 6.04. The van der Waals surface area contributed by atoms with Gasteiger partial charge in [0, 0.05) is 39.4 Å². The Bertz CT molecular complexity index is 2360. The average Bonchev–Trinajstić information content (AvgIpc) is 3.91. The van der Waals surface area contributed by atoms with Crippen molar-refractivity contribution in [3.63, 3.8) is 0 Å². The quantitative estimate of drug-likeness (QED) is 0.0807. The number of likely N-dealkylation sites (tertiary alicyclic amines) is 1. The average molecular weight is 870 g/mol. The van der Waals surface area contributed by atoms with Crippen molar-refractivity contribution in [2.24, 2.45) is 5.41 Å². The van der Waals surface area contributed by atoms with Crippen LogP contribution < -0.4 is 15.4 Å². The van der Waals surface area contributed by atoms with E-state index in [0.717, 1.165) is 39.2 Å². The van der Waals surface area contributed by atoms with Gasteiger partial charge in [-0.05, 0) is 69.9 Å². The van der Waals surface area contributed by atoms with Gasteiger partial charge in [0.1, 0.15) is 24.4 Å². The number of hydrogen-bond donors (Lipinski definition) is 3. The summed E-state index contributed by atoms with van der Waals surface area (Å²) in [6.45, 7) is 10.4. The van der Waals surface area contributed by atoms with E-state index in [1.54, 1.807) is 18.4 Å². The van der Waals surface area contributed by atoms with Gasteiger partial charge >= 0.3 is 0 Å². The van der Waals surface area contributed by atoms with Gasteiger partial charge in [0.2, 0.25) is 23.6 Å². The van der Waals surface area contributed by atoms with E-state index in [-0.39, 0.29) is 50.8 Å². The second kappa shape index (κ2) is 21.3. The first-order valence-corrected chi connectivity index (χ1v) is 22.5. The van der Waals surface area contributed by atoms with Crippen molar-refractivity contribution in [2.45, 2.75) is 85.0 Å². The highest BCUT2D eigenvalue weighted by atomic mass is 32.1. The van der Waals surface area contributed by atoms with Crippen LogP contribution in [0.2, 0.25) is 0 Å². The number of likely N-dealkylation sites (N-methyl/N-ethyl adjacent to an activating group) is 1. The summed E-state index contributed by atoms with van der Waals surface area (Å²) in [7, 11) is 1.67. The fourth-order valence-electron chi connectivity index (χ4n) is 7.85. The summed E-state index contributed by atoms with van der Waals surface area (Å²) in [5.41, 5.74) is 9.80. The van der Waals surface area contributed by atoms with Gasteiger partial charge in [-0.3, -0.25) is 19.2 Å². The molecule has 0 aliphatic carbocycles. The molecule has 5 aromatic rings. The zero-order valence-electron chi connectivity index (χ0n) is 37.1. The Morgan fingerprint density at radius 3 is 2.13 bits per heavy atom. The predicted molar refractivity (Wildman–Crippen MR) is 250 cm³/mol. The van der Waals surface area contributed by atoms with Gasteiger partial charge < -0.3 is 30.3 Å². The third-order valence-corrected chi connectivity index (χ3v) is 12.4. The Morgan fingerprint density at radius 1 is 0.889 bits per heavy atom. The molecule has 1 aliphatic heterocycles. The maximum atomic E-state index is 14.1. The molecule has 0 spiro atoms. The van der Waals surface area contributed by atoms with Gasteiger partial charge in [0.25, 0.3) is 0 Å². The summed E-state index contributed by atoms with van der Waals surface area (Å²) in [5.74, 6) is -0.850. The molecule has 0 bridgehead atoms. The van der Waals surface area contributed by atoms with Crippen LogP contribution in [0.5, 0.6) is 5.75 Å². The number of aliphatic hydroxyl groups is 1. The number of rotatable bonds is 17. The van der Waals surface area contributed by atoms with Crippen molar-refractivity contribution in [1.29, 1.82) is 0 Å². The molecule has 3 N–H and O–H groups in total. The molecule has 1 aromatic heterocycles. The number of allylic oxidation sites excluding steroid dienone is 1. The van der Waals surface area contributed by atoms with E-state index < -0.39 is 35.4 Å². The highest BCUT2D eigenvalue weighted by Gasteiger charge is 2.44. The number of nitrogens with one attached hydrogen (secondary N) is 2. The molecule has 3 atom stereocenters. The Morgan fingerprint density at radius 2 is 1.52 bits per heavy atom. The number of aromatic nitrogens is 1. The van der Waals surface area contributed by atoms with Crippen LogP contribution in [0.4, 0.5) is 0 Å². The number of carbonyl (C=O) groups excluding carboxylic acids is 4. The molecule has 63 heavy (non-hydrogen) atoms. The van der Waals surface area contributed by atoms with E-state index in [1.807, 2.05) is 93.9 Å². The van der Waals surface area contributed by atoms with Gasteiger partial charge in [0.05, 0.1) is 28.7 Å². The number of thiazole rings is 1. The van der Waals surface area contributed by atoms with E-state index in [0.29, 0.717) is 12.3 Å². The van der Waals surface area contributed by atoms with Gasteiger partial charge in [-0.25, -0.2) is 4.98 Å². The largest absolute Gasteiger partial charge is 0.492 e. The molecule has 1 aliphatic rings. The molecular formula is C51H59N5O6S. The van der Waals surface area contributed by atoms with Gasteiger partial charge in [-0.15, -0.1) is 11.3 Å². The molecule has 12 heteroatoms. The number of aryl methyl sites for hydroxylation is 1. The maximum absolute atomic E-state index is 14.1. The molecule has 0 unspecified atom stereocenters. The lowest BCUT2D eigenvalue weighted by molar-refractivity contribution is -0.144. The molecule has 11 nitrogen and oxygen atoms in total. The number of aliphatic hydroxyl groups excluding tert-OH is 1. The predicted octanol–water partition coefficient (Wildman–Crippen LogP) is 7.91. The molecule has 0 saturated carbocycles. The van der Waals surface area contributed by atoms with E-state index in [9.17, 15) is 24.3 Å². The number of hydrogen-bond acceptors (Lipinski definition) is 8. The fourth-order valence-corrected chi connectivity index (χ4v) is 8.66. The molecule has 0 radical (unpaired) electrons. The van der Waals surface area contributed by atoms with Crippen molar-refractivity contribution in [1.82, 2.24) is 25.4 Å². The van der Waals surface area contributed by atoms with Crippen LogP contribution in [0.3, 0.4) is 0 Å². The lowest BCUT2D eigenvalue weighted by atomic mass is 9.85. The minimum absolute atomic E-state index is 0.0302. The van der Waals surface area contributed by atoms with E-state index in [4.69, 9.17) is 4.74 Å². The van der Waals surface area contributed by atoms with Gasteiger partial charge in [-0.2, -0.15) is 0 Å². The van der Waals surface area contributed by atoms with E-state index >= 15 is 0 Å².